The molecule has 0 fully saturated rings. The van der Waals surface area contributed by atoms with Crippen molar-refractivity contribution in [3.63, 3.8) is 0 Å². The molecule has 4 aromatic rings. The predicted octanol–water partition coefficient (Wildman–Crippen LogP) is 5.13. The highest BCUT2D eigenvalue weighted by Gasteiger charge is 2.49. The Bertz CT molecular complexity index is 1640. The molecule has 0 amide bonds. The topological polar surface area (TPSA) is 109 Å². The van der Waals surface area contributed by atoms with E-state index in [2.05, 4.69) is 14.2 Å². The molecule has 0 aliphatic carbocycles. The van der Waals surface area contributed by atoms with E-state index in [0.29, 0.717) is 0 Å². The van der Waals surface area contributed by atoms with Crippen molar-refractivity contribution in [2.24, 2.45) is 0 Å². The van der Waals surface area contributed by atoms with E-state index in [1.165, 1.54) is 12.3 Å². The summed E-state index contributed by atoms with van der Waals surface area (Å²) >= 11 is 5.61. The average molecular weight is 549 g/mol. The summed E-state index contributed by atoms with van der Waals surface area (Å²) in [5.74, 6) is -3.61. The molecular weight excluding hydrogens is 539 g/mol. The van der Waals surface area contributed by atoms with Crippen molar-refractivity contribution < 1.29 is 43.7 Å². The molecule has 3 heterocycles. The van der Waals surface area contributed by atoms with Gasteiger partial charge in [-0.3, -0.25) is 0 Å². The SMILES string of the molecule is O=c1oc2cc(Oc3ncccc3F)ccc2c(OS(=O)(=O)C(F)(F)F)c1Cc1ccnc(Cl)c1F. The van der Waals surface area contributed by atoms with Crippen LogP contribution in [0.4, 0.5) is 22.0 Å². The van der Waals surface area contributed by atoms with Crippen molar-refractivity contribution in [3.8, 4) is 17.4 Å². The highest BCUT2D eigenvalue weighted by molar-refractivity contribution is 7.88. The largest absolute Gasteiger partial charge is 0.534 e. The minimum atomic E-state index is -6.26. The van der Waals surface area contributed by atoms with Gasteiger partial charge in [0.15, 0.2) is 22.5 Å². The van der Waals surface area contributed by atoms with E-state index in [-0.39, 0.29) is 11.3 Å². The van der Waals surface area contributed by atoms with Crippen LogP contribution in [-0.2, 0) is 16.5 Å². The number of hydrogen-bond donors (Lipinski definition) is 0. The Balaban J connectivity index is 1.89. The van der Waals surface area contributed by atoms with Crippen LogP contribution in [0.2, 0.25) is 5.15 Å². The van der Waals surface area contributed by atoms with Gasteiger partial charge in [-0.15, -0.1) is 0 Å². The van der Waals surface area contributed by atoms with E-state index in [1.54, 1.807) is 0 Å². The van der Waals surface area contributed by atoms with Gasteiger partial charge in [-0.1, -0.05) is 11.6 Å². The van der Waals surface area contributed by atoms with E-state index in [4.69, 9.17) is 20.8 Å². The molecule has 0 unspecified atom stereocenters. The monoisotopic (exact) mass is 548 g/mol. The molecule has 188 valence electrons. The second kappa shape index (κ2) is 9.35. The summed E-state index contributed by atoms with van der Waals surface area (Å²) in [5, 5.41) is -1.00. The van der Waals surface area contributed by atoms with Crippen LogP contribution in [-0.4, -0.2) is 23.9 Å². The number of rotatable bonds is 6. The van der Waals surface area contributed by atoms with Gasteiger partial charge in [0.2, 0.25) is 0 Å². The van der Waals surface area contributed by atoms with Crippen LogP contribution in [0.3, 0.4) is 0 Å². The normalized spacial score (nSPS) is 12.1. The fourth-order valence-corrected chi connectivity index (χ4v) is 3.68. The van der Waals surface area contributed by atoms with E-state index in [1.807, 2.05) is 0 Å². The molecule has 0 aliphatic heterocycles. The summed E-state index contributed by atoms with van der Waals surface area (Å²) < 4.78 is 106. The molecule has 3 aromatic heterocycles. The Morgan fingerprint density at radius 2 is 1.81 bits per heavy atom. The van der Waals surface area contributed by atoms with Gasteiger partial charge < -0.3 is 13.3 Å². The van der Waals surface area contributed by atoms with Crippen LogP contribution < -0.4 is 14.5 Å². The van der Waals surface area contributed by atoms with Crippen molar-refractivity contribution in [1.82, 2.24) is 9.97 Å². The van der Waals surface area contributed by atoms with Gasteiger partial charge in [0, 0.05) is 24.9 Å². The highest BCUT2D eigenvalue weighted by atomic mass is 35.5. The molecule has 0 saturated heterocycles. The van der Waals surface area contributed by atoms with Gasteiger partial charge in [-0.25, -0.2) is 23.5 Å². The lowest BCUT2D eigenvalue weighted by Crippen LogP contribution is -2.29. The summed E-state index contributed by atoms with van der Waals surface area (Å²) in [5.41, 5.74) is -8.72. The van der Waals surface area contributed by atoms with Gasteiger partial charge in [0.25, 0.3) is 5.88 Å². The fraction of sp³-hybridized carbons (Fsp3) is 0.0952. The van der Waals surface area contributed by atoms with Gasteiger partial charge in [-0.05, 0) is 35.9 Å². The van der Waals surface area contributed by atoms with Crippen LogP contribution in [0.25, 0.3) is 11.0 Å². The molecule has 8 nitrogen and oxygen atoms in total. The fourth-order valence-electron chi connectivity index (χ4n) is 3.00. The molecule has 0 bridgehead atoms. The molecule has 15 heteroatoms. The third-order valence-electron chi connectivity index (χ3n) is 4.63. The lowest BCUT2D eigenvalue weighted by Gasteiger charge is -2.15. The number of fused-ring (bicyclic) bond motifs is 1. The molecule has 1 aromatic carbocycles. The van der Waals surface area contributed by atoms with Crippen molar-refractivity contribution in [1.29, 1.82) is 0 Å². The first-order valence-electron chi connectivity index (χ1n) is 9.55. The summed E-state index contributed by atoms with van der Waals surface area (Å²) in [6.07, 6.45) is 1.54. The first kappa shape index (κ1) is 25.3. The number of pyridine rings is 2. The van der Waals surface area contributed by atoms with Crippen molar-refractivity contribution in [2.45, 2.75) is 11.9 Å². The average Bonchev–Trinajstić information content (AvgIpc) is 2.79. The summed E-state index contributed by atoms with van der Waals surface area (Å²) in [6, 6.07) is 6.52. The number of ether oxygens (including phenoxy) is 1. The lowest BCUT2D eigenvalue weighted by atomic mass is 10.0. The Labute approximate surface area is 203 Å². The van der Waals surface area contributed by atoms with E-state index >= 15 is 0 Å². The van der Waals surface area contributed by atoms with Crippen LogP contribution in [0.1, 0.15) is 11.1 Å². The molecule has 36 heavy (non-hydrogen) atoms. The van der Waals surface area contributed by atoms with Crippen LogP contribution in [0.15, 0.2) is 58.0 Å². The number of alkyl halides is 3. The van der Waals surface area contributed by atoms with E-state index in [9.17, 15) is 35.2 Å². The molecular formula is C21H10ClF5N2O6S. The zero-order valence-electron chi connectivity index (χ0n) is 17.3. The smallest absolute Gasteiger partial charge is 0.436 e. The van der Waals surface area contributed by atoms with Crippen LogP contribution in [0, 0.1) is 11.6 Å². The molecule has 0 saturated carbocycles. The molecule has 0 spiro atoms. The van der Waals surface area contributed by atoms with Crippen molar-refractivity contribution in [3.05, 3.63) is 87.1 Å². The summed E-state index contributed by atoms with van der Waals surface area (Å²) in [6.45, 7) is 0. The number of nitrogens with zero attached hydrogens (tertiary/aromatic N) is 2. The van der Waals surface area contributed by atoms with Crippen LogP contribution >= 0.6 is 11.6 Å². The maximum absolute atomic E-state index is 14.4. The second-order valence-corrected chi connectivity index (χ2v) is 8.88. The van der Waals surface area contributed by atoms with Crippen molar-refractivity contribution in [2.75, 3.05) is 0 Å². The molecule has 0 atom stereocenters. The first-order chi connectivity index (χ1) is 16.9. The third-order valence-corrected chi connectivity index (χ3v) is 5.85. The van der Waals surface area contributed by atoms with Gasteiger partial charge in [-0.2, -0.15) is 21.6 Å². The first-order valence-corrected chi connectivity index (χ1v) is 11.3. The Kier molecular flexibility index (Phi) is 6.58. The minimum Gasteiger partial charge on any atom is -0.436 e. The Hall–Kier alpha value is -3.78. The van der Waals surface area contributed by atoms with Crippen LogP contribution in [0.5, 0.6) is 17.4 Å². The maximum atomic E-state index is 14.4. The van der Waals surface area contributed by atoms with Gasteiger partial charge in [0.1, 0.15) is 11.3 Å². The standard InChI is InChI=1S/C21H10ClF5N2O6S/c22-18-16(24)10(5-7-28-18)8-13-17(35-36(31,32)21(25,26)27)12-4-3-11(9-15(12)34-20(13)30)33-19-14(23)2-1-6-29-19/h1-7,9H,8H2. The van der Waals surface area contributed by atoms with Gasteiger partial charge in [0.05, 0.1) is 10.9 Å². The second-order valence-electron chi connectivity index (χ2n) is 6.98. The molecule has 4 rings (SSSR count). The van der Waals surface area contributed by atoms with Crippen molar-refractivity contribution >= 4 is 32.7 Å². The number of benzene rings is 1. The highest BCUT2D eigenvalue weighted by Crippen LogP contribution is 2.36. The Morgan fingerprint density at radius 3 is 2.50 bits per heavy atom. The third kappa shape index (κ3) is 4.95. The zero-order chi connectivity index (χ0) is 26.3. The summed E-state index contributed by atoms with van der Waals surface area (Å²) in [4.78, 5) is 19.9. The predicted molar refractivity (Wildman–Crippen MR) is 114 cm³/mol. The quantitative estimate of drug-likeness (QED) is 0.107. The summed E-state index contributed by atoms with van der Waals surface area (Å²) in [7, 11) is -6.26. The molecule has 0 aliphatic rings. The number of halogens is 6. The zero-order valence-corrected chi connectivity index (χ0v) is 18.9. The van der Waals surface area contributed by atoms with E-state index < -0.39 is 72.6 Å². The lowest BCUT2D eigenvalue weighted by molar-refractivity contribution is -0.0499. The molecule has 0 N–H and O–H groups in total. The number of hydrogen-bond acceptors (Lipinski definition) is 8. The maximum Gasteiger partial charge on any atom is 0.534 e. The minimum absolute atomic E-state index is 0.160. The molecule has 0 radical (unpaired) electrons. The van der Waals surface area contributed by atoms with Gasteiger partial charge >= 0.3 is 21.3 Å². The number of aromatic nitrogens is 2. The Morgan fingerprint density at radius 1 is 1.06 bits per heavy atom. The van der Waals surface area contributed by atoms with E-state index in [0.717, 1.165) is 36.5 Å².